The van der Waals surface area contributed by atoms with Crippen LogP contribution in [-0.4, -0.2) is 73.0 Å². The number of fused-ring (bicyclic) bond motifs is 1. The molecular formula is C18H23BrCl2N8O2. The summed E-state index contributed by atoms with van der Waals surface area (Å²) in [6.45, 7) is 1.20. The second-order valence-corrected chi connectivity index (χ2v) is 8.16. The first-order chi connectivity index (χ1) is 14.6. The summed E-state index contributed by atoms with van der Waals surface area (Å²) in [5.41, 5.74) is 0.699. The molecule has 1 N–H and O–H groups in total. The van der Waals surface area contributed by atoms with E-state index in [4.69, 9.17) is 23.2 Å². The van der Waals surface area contributed by atoms with Crippen molar-refractivity contribution < 1.29 is 9.59 Å². The van der Waals surface area contributed by atoms with Crippen LogP contribution in [0.25, 0.3) is 0 Å². The number of hydrogen-bond acceptors (Lipinski definition) is 8. The highest BCUT2D eigenvalue weighted by atomic mass is 79.9. The highest BCUT2D eigenvalue weighted by Gasteiger charge is 2.23. The maximum absolute atomic E-state index is 11.6. The highest BCUT2D eigenvalue weighted by molar-refractivity contribution is 9.10. The summed E-state index contributed by atoms with van der Waals surface area (Å²) in [5, 5.41) is 2.94. The highest BCUT2D eigenvalue weighted by Crippen LogP contribution is 2.29. The molecule has 168 valence electrons. The molecule has 0 fully saturated rings. The molecule has 31 heavy (non-hydrogen) atoms. The second-order valence-electron chi connectivity index (χ2n) is 6.63. The number of halogens is 3. The zero-order valence-corrected chi connectivity index (χ0v) is 20.7. The molecule has 1 aliphatic rings. The Bertz CT molecular complexity index is 949. The molecule has 0 unspecified atom stereocenters. The van der Waals surface area contributed by atoms with Gasteiger partial charge in [-0.3, -0.25) is 9.59 Å². The zero-order valence-electron chi connectivity index (χ0n) is 17.6. The number of carbonyl (C=O) groups excluding carboxylic acids is 2. The number of nitrogens with one attached hydrogen (secondary N) is 1. The molecule has 1 aliphatic heterocycles. The fourth-order valence-electron chi connectivity index (χ4n) is 2.64. The average molecular weight is 534 g/mol. The van der Waals surface area contributed by atoms with Crippen LogP contribution in [0.15, 0.2) is 16.9 Å². The van der Waals surface area contributed by atoms with Gasteiger partial charge in [0.15, 0.2) is 5.82 Å². The Balaban J connectivity index is 0.000000220. The minimum absolute atomic E-state index is 0.0110. The Morgan fingerprint density at radius 3 is 2.55 bits per heavy atom. The van der Waals surface area contributed by atoms with Crippen LogP contribution in [0.3, 0.4) is 0 Å². The minimum Gasteiger partial charge on any atom is -0.359 e. The largest absolute Gasteiger partial charge is 0.359 e. The topological polar surface area (TPSA) is 107 Å². The number of anilines is 3. The summed E-state index contributed by atoms with van der Waals surface area (Å²) in [7, 11) is 7.05. The van der Waals surface area contributed by atoms with E-state index in [1.165, 1.54) is 0 Å². The Kier molecular flexibility index (Phi) is 9.20. The van der Waals surface area contributed by atoms with Crippen LogP contribution >= 0.6 is 39.1 Å². The SMILES string of the molecule is CN1CCC(=O)N(C)c2cnc(Cl)nc21.CNC(=O)CCN(C)c1nc(Cl)ncc1Br. The molecule has 3 heterocycles. The van der Waals surface area contributed by atoms with Gasteiger partial charge in [-0.2, -0.15) is 9.97 Å². The van der Waals surface area contributed by atoms with Crippen LogP contribution in [-0.2, 0) is 9.59 Å². The predicted molar refractivity (Wildman–Crippen MR) is 125 cm³/mol. The van der Waals surface area contributed by atoms with Crippen LogP contribution in [0.4, 0.5) is 17.3 Å². The Hall–Kier alpha value is -2.24. The van der Waals surface area contributed by atoms with Gasteiger partial charge < -0.3 is 20.0 Å². The van der Waals surface area contributed by atoms with Crippen molar-refractivity contribution in [1.82, 2.24) is 25.3 Å². The van der Waals surface area contributed by atoms with Gasteiger partial charge in [0.25, 0.3) is 0 Å². The van der Waals surface area contributed by atoms with Crippen molar-refractivity contribution >= 4 is 68.3 Å². The van der Waals surface area contributed by atoms with Crippen LogP contribution in [0.2, 0.25) is 10.6 Å². The standard InChI is InChI=1S/C9H12BrClN4O.C9H11ClN4O/c1-12-7(16)3-4-15(2)8-6(10)5-13-9(11)14-8;1-13-4-3-7(15)14(2)6-5-11-9(10)12-8(6)13/h5H,3-4H2,1-2H3,(H,12,16);5H,3-4H2,1-2H3. The van der Waals surface area contributed by atoms with Crippen molar-refractivity contribution in [2.24, 2.45) is 0 Å². The van der Waals surface area contributed by atoms with E-state index in [-0.39, 0.29) is 22.4 Å². The quantitative estimate of drug-likeness (QED) is 0.597. The van der Waals surface area contributed by atoms with E-state index in [1.54, 1.807) is 31.4 Å². The summed E-state index contributed by atoms with van der Waals surface area (Å²) < 4.78 is 0.747. The van der Waals surface area contributed by atoms with E-state index < -0.39 is 0 Å². The summed E-state index contributed by atoms with van der Waals surface area (Å²) in [5.74, 6) is 1.42. The van der Waals surface area contributed by atoms with Gasteiger partial charge >= 0.3 is 0 Å². The Morgan fingerprint density at radius 1 is 1.23 bits per heavy atom. The lowest BCUT2D eigenvalue weighted by Crippen LogP contribution is -2.27. The monoisotopic (exact) mass is 532 g/mol. The Labute approximate surface area is 199 Å². The number of rotatable bonds is 4. The van der Waals surface area contributed by atoms with Crippen molar-refractivity contribution in [3.63, 3.8) is 0 Å². The maximum Gasteiger partial charge on any atom is 0.228 e. The molecule has 0 aliphatic carbocycles. The van der Waals surface area contributed by atoms with Gasteiger partial charge in [-0.1, -0.05) is 0 Å². The van der Waals surface area contributed by atoms with E-state index >= 15 is 0 Å². The van der Waals surface area contributed by atoms with Crippen molar-refractivity contribution in [1.29, 1.82) is 0 Å². The molecule has 0 saturated carbocycles. The first kappa shape index (κ1) is 25.0. The van der Waals surface area contributed by atoms with Gasteiger partial charge in [0.2, 0.25) is 22.4 Å². The van der Waals surface area contributed by atoms with Crippen molar-refractivity contribution in [2.45, 2.75) is 12.8 Å². The van der Waals surface area contributed by atoms with E-state index in [0.717, 1.165) is 4.47 Å². The molecule has 0 radical (unpaired) electrons. The van der Waals surface area contributed by atoms with E-state index in [2.05, 4.69) is 41.2 Å². The van der Waals surface area contributed by atoms with E-state index in [9.17, 15) is 9.59 Å². The lowest BCUT2D eigenvalue weighted by Gasteiger charge is -2.19. The fraction of sp³-hybridized carbons (Fsp3) is 0.444. The molecule has 0 atom stereocenters. The first-order valence-corrected chi connectivity index (χ1v) is 10.8. The normalized spacial score (nSPS) is 13.1. The molecule has 0 aromatic carbocycles. The molecule has 0 spiro atoms. The number of nitrogens with zero attached hydrogens (tertiary/aromatic N) is 7. The third-order valence-electron chi connectivity index (χ3n) is 4.49. The van der Waals surface area contributed by atoms with Crippen LogP contribution in [0, 0.1) is 0 Å². The number of hydrogen-bond donors (Lipinski definition) is 1. The van der Waals surface area contributed by atoms with Crippen LogP contribution in [0.5, 0.6) is 0 Å². The summed E-state index contributed by atoms with van der Waals surface area (Å²) in [6, 6.07) is 0. The fourth-order valence-corrected chi connectivity index (χ4v) is 3.39. The van der Waals surface area contributed by atoms with Crippen molar-refractivity contribution in [3.8, 4) is 0 Å². The van der Waals surface area contributed by atoms with E-state index in [1.807, 2.05) is 23.9 Å². The minimum atomic E-state index is -0.0110. The summed E-state index contributed by atoms with van der Waals surface area (Å²) in [4.78, 5) is 43.9. The molecule has 0 saturated heterocycles. The molecule has 2 amide bonds. The first-order valence-electron chi connectivity index (χ1n) is 9.24. The van der Waals surface area contributed by atoms with E-state index in [0.29, 0.717) is 43.3 Å². The summed E-state index contributed by atoms with van der Waals surface area (Å²) in [6.07, 6.45) is 4.04. The molecule has 2 aromatic rings. The average Bonchev–Trinajstić information content (AvgIpc) is 2.86. The predicted octanol–water partition coefficient (Wildman–Crippen LogP) is 2.40. The number of aromatic nitrogens is 4. The van der Waals surface area contributed by atoms with Gasteiger partial charge in [-0.15, -0.1) is 0 Å². The van der Waals surface area contributed by atoms with Crippen LogP contribution in [0.1, 0.15) is 12.8 Å². The zero-order chi connectivity index (χ0) is 23.1. The molecule has 13 heteroatoms. The molecular weight excluding hydrogens is 511 g/mol. The number of amides is 2. The third kappa shape index (κ3) is 6.88. The molecule has 10 nitrogen and oxygen atoms in total. The Morgan fingerprint density at radius 2 is 1.87 bits per heavy atom. The lowest BCUT2D eigenvalue weighted by molar-refractivity contribution is -0.120. The van der Waals surface area contributed by atoms with Gasteiger partial charge in [-0.05, 0) is 39.1 Å². The lowest BCUT2D eigenvalue weighted by atomic mass is 10.3. The van der Waals surface area contributed by atoms with Gasteiger partial charge in [0.05, 0.1) is 10.7 Å². The molecule has 0 bridgehead atoms. The molecule has 3 rings (SSSR count). The van der Waals surface area contributed by atoms with Gasteiger partial charge in [0, 0.05) is 60.3 Å². The third-order valence-corrected chi connectivity index (χ3v) is 5.41. The maximum atomic E-state index is 11.6. The summed E-state index contributed by atoms with van der Waals surface area (Å²) >= 11 is 14.8. The van der Waals surface area contributed by atoms with Gasteiger partial charge in [-0.25, -0.2) is 9.97 Å². The molecule has 2 aromatic heterocycles. The smallest absolute Gasteiger partial charge is 0.228 e. The van der Waals surface area contributed by atoms with Crippen molar-refractivity contribution in [3.05, 3.63) is 27.4 Å². The van der Waals surface area contributed by atoms with Crippen LogP contribution < -0.4 is 20.0 Å². The second kappa shape index (κ2) is 11.4. The van der Waals surface area contributed by atoms with Crippen molar-refractivity contribution in [2.75, 3.05) is 56.0 Å². The number of carbonyl (C=O) groups is 2. The van der Waals surface area contributed by atoms with Gasteiger partial charge in [0.1, 0.15) is 11.5 Å².